The summed E-state index contributed by atoms with van der Waals surface area (Å²) in [6.45, 7) is 13.4. The van der Waals surface area contributed by atoms with Gasteiger partial charge in [-0.15, -0.1) is 0 Å². The predicted octanol–water partition coefficient (Wildman–Crippen LogP) is 3.67. The SMILES string of the molecule is Cc1ccnc(C(C)C)c1-n1c(=O)[nH]c(=O)c2c(OC[C@H]3CN(C(=O)OC(C)(C)C)C[C@H](C)N3)c(F)c(Cl)nc21. The maximum absolute atomic E-state index is 15.4. The summed E-state index contributed by atoms with van der Waals surface area (Å²) in [7, 11) is 0. The van der Waals surface area contributed by atoms with E-state index in [2.05, 4.69) is 20.3 Å². The number of hydrogen-bond donors (Lipinski definition) is 2. The first kappa shape index (κ1) is 29.5. The molecule has 3 aromatic heterocycles. The number of carbonyl (C=O) groups excluding carboxylic acids is 1. The van der Waals surface area contributed by atoms with Crippen molar-refractivity contribution in [3.05, 3.63) is 55.3 Å². The van der Waals surface area contributed by atoms with Gasteiger partial charge in [0.25, 0.3) is 5.56 Å². The number of aromatic nitrogens is 4. The highest BCUT2D eigenvalue weighted by Gasteiger charge is 2.32. The largest absolute Gasteiger partial charge is 0.488 e. The average molecular weight is 577 g/mol. The van der Waals surface area contributed by atoms with E-state index in [0.29, 0.717) is 23.5 Å². The molecule has 4 heterocycles. The van der Waals surface area contributed by atoms with Gasteiger partial charge in [-0.25, -0.2) is 19.1 Å². The number of aryl methyl sites for hydroxylation is 1. The minimum atomic E-state index is -1.04. The monoisotopic (exact) mass is 576 g/mol. The first-order valence-electron chi connectivity index (χ1n) is 13.0. The first-order valence-corrected chi connectivity index (χ1v) is 13.4. The van der Waals surface area contributed by atoms with Crippen LogP contribution in [-0.4, -0.2) is 67.9 Å². The highest BCUT2D eigenvalue weighted by Crippen LogP contribution is 2.32. The van der Waals surface area contributed by atoms with Crippen molar-refractivity contribution < 1.29 is 18.7 Å². The van der Waals surface area contributed by atoms with Gasteiger partial charge in [0, 0.05) is 25.3 Å². The summed E-state index contributed by atoms with van der Waals surface area (Å²) in [6.07, 6.45) is 1.16. The molecule has 1 fully saturated rings. The Balaban J connectivity index is 1.77. The van der Waals surface area contributed by atoms with Crippen LogP contribution in [0.3, 0.4) is 0 Å². The van der Waals surface area contributed by atoms with Gasteiger partial charge in [0.15, 0.2) is 16.5 Å². The minimum Gasteiger partial charge on any atom is -0.488 e. The van der Waals surface area contributed by atoms with Gasteiger partial charge in [-0.05, 0) is 52.2 Å². The van der Waals surface area contributed by atoms with E-state index in [1.54, 1.807) is 44.9 Å². The molecule has 4 rings (SSSR count). The lowest BCUT2D eigenvalue weighted by Crippen LogP contribution is -2.59. The van der Waals surface area contributed by atoms with Crippen molar-refractivity contribution >= 4 is 28.7 Å². The Labute approximate surface area is 235 Å². The molecule has 0 radical (unpaired) electrons. The van der Waals surface area contributed by atoms with Crippen LogP contribution in [-0.2, 0) is 4.74 Å². The zero-order valence-corrected chi connectivity index (χ0v) is 24.4. The van der Waals surface area contributed by atoms with Crippen molar-refractivity contribution in [2.45, 2.75) is 72.1 Å². The highest BCUT2D eigenvalue weighted by molar-refractivity contribution is 6.30. The molecule has 3 aromatic rings. The van der Waals surface area contributed by atoms with Crippen LogP contribution >= 0.6 is 11.6 Å². The van der Waals surface area contributed by atoms with E-state index < -0.39 is 45.7 Å². The smallest absolute Gasteiger partial charge is 0.410 e. The Morgan fingerprint density at radius 2 is 1.98 bits per heavy atom. The summed E-state index contributed by atoms with van der Waals surface area (Å²) >= 11 is 6.18. The van der Waals surface area contributed by atoms with Crippen molar-refractivity contribution in [2.24, 2.45) is 0 Å². The second-order valence-electron chi connectivity index (χ2n) is 11.3. The zero-order valence-electron chi connectivity index (χ0n) is 23.6. The lowest BCUT2D eigenvalue weighted by Gasteiger charge is -2.38. The third kappa shape index (κ3) is 5.97. The van der Waals surface area contributed by atoms with Gasteiger partial charge in [-0.2, -0.15) is 4.39 Å². The quantitative estimate of drug-likeness (QED) is 0.440. The number of nitrogens with zero attached hydrogens (tertiary/aromatic N) is 4. The second-order valence-corrected chi connectivity index (χ2v) is 11.7. The highest BCUT2D eigenvalue weighted by atomic mass is 35.5. The van der Waals surface area contributed by atoms with E-state index in [4.69, 9.17) is 21.1 Å². The molecule has 1 aliphatic heterocycles. The lowest BCUT2D eigenvalue weighted by molar-refractivity contribution is 0.0138. The number of rotatable bonds is 5. The number of nitrogens with one attached hydrogen (secondary N) is 2. The van der Waals surface area contributed by atoms with Crippen molar-refractivity contribution in [3.63, 3.8) is 0 Å². The maximum Gasteiger partial charge on any atom is 0.410 e. The average Bonchev–Trinajstić information content (AvgIpc) is 2.83. The fraction of sp³-hybridized carbons (Fsp3) is 0.519. The molecule has 2 atom stereocenters. The van der Waals surface area contributed by atoms with E-state index >= 15 is 4.39 Å². The topological polar surface area (TPSA) is 131 Å². The molecule has 0 unspecified atom stereocenters. The summed E-state index contributed by atoms with van der Waals surface area (Å²) in [6, 6.07) is 1.20. The summed E-state index contributed by atoms with van der Waals surface area (Å²) in [5.41, 5.74) is -0.764. The van der Waals surface area contributed by atoms with Gasteiger partial charge < -0.3 is 19.7 Å². The minimum absolute atomic E-state index is 0.0808. The van der Waals surface area contributed by atoms with E-state index in [9.17, 15) is 14.4 Å². The predicted molar refractivity (Wildman–Crippen MR) is 149 cm³/mol. The fourth-order valence-electron chi connectivity index (χ4n) is 4.75. The van der Waals surface area contributed by atoms with Gasteiger partial charge in [0.1, 0.15) is 17.6 Å². The molecule has 0 aliphatic carbocycles. The van der Waals surface area contributed by atoms with Gasteiger partial charge >= 0.3 is 11.8 Å². The number of amides is 1. The number of ether oxygens (including phenoxy) is 2. The van der Waals surface area contributed by atoms with Crippen molar-refractivity contribution in [1.82, 2.24) is 29.7 Å². The lowest BCUT2D eigenvalue weighted by atomic mass is 10.0. The number of hydrogen-bond acceptors (Lipinski definition) is 8. The van der Waals surface area contributed by atoms with Crippen LogP contribution < -0.4 is 21.3 Å². The molecule has 2 N–H and O–H groups in total. The molecule has 13 heteroatoms. The third-order valence-corrected chi connectivity index (χ3v) is 6.61. The normalized spacial score (nSPS) is 17.9. The standard InChI is InChI=1S/C27H34ClFN6O5/c1-13(2)19-20(14(3)8-9-30-19)35-23-17(24(36)33-25(35)37)21(18(29)22(28)32-23)39-12-16-11-34(10-15(4)31-16)26(38)40-27(5,6)7/h8-9,13,15-16,31H,10-12H2,1-7H3,(H,33,36,37)/t15-,16+/m0/s1. The number of halogens is 2. The Bertz CT molecular complexity index is 1560. The maximum atomic E-state index is 15.4. The van der Waals surface area contributed by atoms with Crippen LogP contribution in [0.15, 0.2) is 21.9 Å². The molecule has 1 saturated heterocycles. The number of fused-ring (bicyclic) bond motifs is 1. The van der Waals surface area contributed by atoms with Crippen LogP contribution in [0.4, 0.5) is 9.18 Å². The van der Waals surface area contributed by atoms with Crippen LogP contribution in [0.25, 0.3) is 16.7 Å². The molecular weight excluding hydrogens is 543 g/mol. The second kappa shape index (κ2) is 11.2. The van der Waals surface area contributed by atoms with Crippen LogP contribution in [0.2, 0.25) is 5.15 Å². The van der Waals surface area contributed by atoms with E-state index in [1.807, 2.05) is 20.8 Å². The van der Waals surface area contributed by atoms with E-state index in [1.165, 1.54) is 4.57 Å². The molecule has 0 aromatic carbocycles. The van der Waals surface area contributed by atoms with Gasteiger partial charge in [-0.1, -0.05) is 25.4 Å². The van der Waals surface area contributed by atoms with E-state index in [-0.39, 0.29) is 36.1 Å². The van der Waals surface area contributed by atoms with Crippen molar-refractivity contribution in [2.75, 3.05) is 19.7 Å². The molecular formula is C27H34ClFN6O5. The van der Waals surface area contributed by atoms with Crippen molar-refractivity contribution in [1.29, 1.82) is 0 Å². The number of H-pyrrole nitrogens is 1. The Hall–Kier alpha value is -3.51. The molecule has 0 bridgehead atoms. The molecule has 216 valence electrons. The van der Waals surface area contributed by atoms with Gasteiger partial charge in [-0.3, -0.25) is 14.8 Å². The summed E-state index contributed by atoms with van der Waals surface area (Å²) in [5.74, 6) is -1.56. The van der Waals surface area contributed by atoms with E-state index in [0.717, 1.165) is 0 Å². The summed E-state index contributed by atoms with van der Waals surface area (Å²) in [5, 5.41) is 2.48. The molecule has 1 amide bonds. The zero-order chi connectivity index (χ0) is 29.5. The Morgan fingerprint density at radius 3 is 2.62 bits per heavy atom. The molecule has 0 spiro atoms. The summed E-state index contributed by atoms with van der Waals surface area (Å²) < 4.78 is 27.9. The Morgan fingerprint density at radius 1 is 1.27 bits per heavy atom. The molecule has 0 saturated carbocycles. The van der Waals surface area contributed by atoms with Gasteiger partial charge in [0.05, 0.1) is 17.4 Å². The van der Waals surface area contributed by atoms with Crippen molar-refractivity contribution in [3.8, 4) is 11.4 Å². The van der Waals surface area contributed by atoms with Crippen LogP contribution in [0, 0.1) is 12.7 Å². The number of carbonyl (C=O) groups is 1. The Kier molecular flexibility index (Phi) is 8.23. The first-order chi connectivity index (χ1) is 18.7. The number of pyridine rings is 2. The summed E-state index contributed by atoms with van der Waals surface area (Å²) in [4.78, 5) is 51.2. The number of piperazine rings is 1. The van der Waals surface area contributed by atoms with Gasteiger partial charge in [0.2, 0.25) is 5.82 Å². The third-order valence-electron chi connectivity index (χ3n) is 6.36. The van der Waals surface area contributed by atoms with Crippen LogP contribution in [0.1, 0.15) is 58.7 Å². The number of aromatic amines is 1. The molecule has 1 aliphatic rings. The molecule has 11 nitrogen and oxygen atoms in total. The molecule has 40 heavy (non-hydrogen) atoms. The fourth-order valence-corrected chi connectivity index (χ4v) is 4.91. The van der Waals surface area contributed by atoms with Crippen LogP contribution in [0.5, 0.6) is 5.75 Å².